The Hall–Kier alpha value is -1.34. The van der Waals surface area contributed by atoms with Crippen LogP contribution in [-0.2, 0) is 0 Å². The highest BCUT2D eigenvalue weighted by Crippen LogP contribution is 2.11. The SMILES string of the molecule is CNC1=[C+]C(=NC(C)C)C(O)=CC1. The molecule has 70 valence electrons. The first-order valence-electron chi connectivity index (χ1n) is 4.41. The van der Waals surface area contributed by atoms with Crippen molar-refractivity contribution in [2.45, 2.75) is 26.3 Å². The van der Waals surface area contributed by atoms with Gasteiger partial charge in [0, 0.05) is 13.1 Å². The Morgan fingerprint density at radius 3 is 2.85 bits per heavy atom. The topological polar surface area (TPSA) is 44.6 Å². The third kappa shape index (κ3) is 2.56. The van der Waals surface area contributed by atoms with Crippen LogP contribution in [0, 0.1) is 6.08 Å². The second-order valence-electron chi connectivity index (χ2n) is 3.22. The maximum Gasteiger partial charge on any atom is 0.328 e. The van der Waals surface area contributed by atoms with Gasteiger partial charge < -0.3 is 10.4 Å². The zero-order chi connectivity index (χ0) is 9.84. The predicted octanol–water partition coefficient (Wildman–Crippen LogP) is 1.59. The summed E-state index contributed by atoms with van der Waals surface area (Å²) in [6, 6.07) is 0.175. The molecule has 1 aliphatic rings. The van der Waals surface area contributed by atoms with Gasteiger partial charge in [0.1, 0.15) is 0 Å². The number of nitrogens with zero attached hydrogens (tertiary/aromatic N) is 1. The number of aliphatic hydroxyl groups is 1. The fourth-order valence-electron chi connectivity index (χ4n) is 1.07. The highest BCUT2D eigenvalue weighted by molar-refractivity contribution is 6.04. The van der Waals surface area contributed by atoms with Crippen molar-refractivity contribution in [3.8, 4) is 0 Å². The smallest absolute Gasteiger partial charge is 0.328 e. The molecule has 0 atom stereocenters. The van der Waals surface area contributed by atoms with E-state index in [-0.39, 0.29) is 11.8 Å². The third-order valence-corrected chi connectivity index (χ3v) is 1.70. The highest BCUT2D eigenvalue weighted by Gasteiger charge is 2.23. The summed E-state index contributed by atoms with van der Waals surface area (Å²) < 4.78 is 0. The van der Waals surface area contributed by atoms with Gasteiger partial charge in [0.05, 0.1) is 12.5 Å². The average Bonchev–Trinajstić information content (AvgIpc) is 2.08. The van der Waals surface area contributed by atoms with Crippen LogP contribution in [0.3, 0.4) is 0 Å². The molecule has 0 bridgehead atoms. The number of aliphatic imine (C=N–C) groups is 1. The monoisotopic (exact) mass is 179 g/mol. The van der Waals surface area contributed by atoms with Crippen LogP contribution < -0.4 is 5.32 Å². The van der Waals surface area contributed by atoms with Gasteiger partial charge in [-0.1, -0.05) is 0 Å². The molecule has 0 heterocycles. The van der Waals surface area contributed by atoms with Crippen LogP contribution in [0.15, 0.2) is 22.5 Å². The van der Waals surface area contributed by atoms with Crippen LogP contribution >= 0.6 is 0 Å². The lowest BCUT2D eigenvalue weighted by atomic mass is 10.1. The quantitative estimate of drug-likeness (QED) is 0.632. The fourth-order valence-corrected chi connectivity index (χ4v) is 1.07. The van der Waals surface area contributed by atoms with Gasteiger partial charge in [0.15, 0.2) is 11.8 Å². The number of hydrogen-bond acceptors (Lipinski definition) is 3. The van der Waals surface area contributed by atoms with Gasteiger partial charge in [-0.2, -0.15) is 0 Å². The van der Waals surface area contributed by atoms with Gasteiger partial charge >= 0.3 is 5.71 Å². The van der Waals surface area contributed by atoms with E-state index in [1.54, 1.807) is 6.08 Å². The van der Waals surface area contributed by atoms with E-state index in [9.17, 15) is 5.11 Å². The number of nitrogens with one attached hydrogen (secondary N) is 1. The Morgan fingerprint density at radius 1 is 1.62 bits per heavy atom. The molecule has 0 aromatic carbocycles. The lowest BCUT2D eigenvalue weighted by Gasteiger charge is -2.02. The summed E-state index contributed by atoms with van der Waals surface area (Å²) in [5.41, 5.74) is 1.50. The molecule has 0 saturated heterocycles. The maximum absolute atomic E-state index is 9.46. The molecular formula is C10H15N2O+. The van der Waals surface area contributed by atoms with Crippen LogP contribution in [0.5, 0.6) is 0 Å². The normalized spacial score (nSPS) is 19.5. The maximum atomic E-state index is 9.46. The molecule has 0 amide bonds. The molecule has 1 rings (SSSR count). The van der Waals surface area contributed by atoms with E-state index in [0.717, 1.165) is 5.70 Å². The molecular weight excluding hydrogens is 164 g/mol. The van der Waals surface area contributed by atoms with Crippen molar-refractivity contribution >= 4 is 5.71 Å². The van der Waals surface area contributed by atoms with E-state index in [0.29, 0.717) is 12.1 Å². The molecule has 0 spiro atoms. The number of aliphatic hydroxyl groups excluding tert-OH is 1. The van der Waals surface area contributed by atoms with E-state index in [1.165, 1.54) is 0 Å². The number of allylic oxidation sites excluding steroid dienone is 2. The zero-order valence-corrected chi connectivity index (χ0v) is 8.26. The van der Waals surface area contributed by atoms with E-state index in [2.05, 4.69) is 16.4 Å². The first kappa shape index (κ1) is 9.75. The van der Waals surface area contributed by atoms with Crippen LogP contribution in [0.1, 0.15) is 20.3 Å². The van der Waals surface area contributed by atoms with Crippen LogP contribution in [-0.4, -0.2) is 23.9 Å². The van der Waals surface area contributed by atoms with Gasteiger partial charge in [-0.25, -0.2) is 4.99 Å². The van der Waals surface area contributed by atoms with E-state index in [4.69, 9.17) is 0 Å². The van der Waals surface area contributed by atoms with Gasteiger partial charge in [-0.3, -0.25) is 0 Å². The molecule has 0 fully saturated rings. The first-order chi connectivity index (χ1) is 6.13. The van der Waals surface area contributed by atoms with Gasteiger partial charge in [0.25, 0.3) is 5.76 Å². The number of rotatable bonds is 2. The lowest BCUT2D eigenvalue weighted by molar-refractivity contribution is 0.438. The molecule has 0 saturated carbocycles. The Bertz CT molecular complexity index is 275. The molecule has 1 aliphatic carbocycles. The summed E-state index contributed by atoms with van der Waals surface area (Å²) in [4.78, 5) is 4.24. The Morgan fingerprint density at radius 2 is 2.31 bits per heavy atom. The standard InChI is InChI=1S/C10H14N2O/c1-7(2)12-9-6-8(11-3)4-5-10(9)13/h5,7H,4H2,1-3H3,(H-,11,12,13)/p+1. The molecule has 3 heteroatoms. The number of hydrogen-bond donors (Lipinski definition) is 2. The second kappa shape index (κ2) is 4.06. The van der Waals surface area contributed by atoms with Crippen molar-refractivity contribution in [3.63, 3.8) is 0 Å². The molecule has 0 aromatic rings. The third-order valence-electron chi connectivity index (χ3n) is 1.70. The van der Waals surface area contributed by atoms with E-state index >= 15 is 0 Å². The minimum atomic E-state index is 0.175. The minimum absolute atomic E-state index is 0.175. The highest BCUT2D eigenvalue weighted by atomic mass is 16.3. The molecule has 0 aromatic heterocycles. The largest absolute Gasteiger partial charge is 0.418 e. The molecule has 0 radical (unpaired) electrons. The summed E-state index contributed by atoms with van der Waals surface area (Å²) in [5.74, 6) is 0.229. The van der Waals surface area contributed by atoms with Crippen LogP contribution in [0.4, 0.5) is 0 Å². The van der Waals surface area contributed by atoms with Crippen molar-refractivity contribution in [2.24, 2.45) is 4.99 Å². The summed E-state index contributed by atoms with van der Waals surface area (Å²) in [6.07, 6.45) is 5.46. The van der Waals surface area contributed by atoms with Gasteiger partial charge in [-0.15, -0.1) is 0 Å². The summed E-state index contributed by atoms with van der Waals surface area (Å²) >= 11 is 0. The molecule has 0 unspecified atom stereocenters. The average molecular weight is 179 g/mol. The Balaban J connectivity index is 2.87. The molecule has 13 heavy (non-hydrogen) atoms. The van der Waals surface area contributed by atoms with Gasteiger partial charge in [0.2, 0.25) is 0 Å². The van der Waals surface area contributed by atoms with E-state index in [1.807, 2.05) is 20.9 Å². The van der Waals surface area contributed by atoms with Crippen LogP contribution in [0.2, 0.25) is 0 Å². The summed E-state index contributed by atoms with van der Waals surface area (Å²) in [5, 5.41) is 12.5. The fraction of sp³-hybridized carbons (Fsp3) is 0.500. The van der Waals surface area contributed by atoms with Crippen molar-refractivity contribution < 1.29 is 5.11 Å². The van der Waals surface area contributed by atoms with Crippen molar-refractivity contribution in [3.05, 3.63) is 23.6 Å². The second-order valence-corrected chi connectivity index (χ2v) is 3.22. The summed E-state index contributed by atoms with van der Waals surface area (Å²) in [6.45, 7) is 3.94. The Kier molecular flexibility index (Phi) is 3.04. The van der Waals surface area contributed by atoms with Crippen molar-refractivity contribution in [1.29, 1.82) is 0 Å². The molecule has 3 nitrogen and oxygen atoms in total. The molecule has 0 aliphatic heterocycles. The van der Waals surface area contributed by atoms with Crippen molar-refractivity contribution in [2.75, 3.05) is 7.05 Å². The first-order valence-corrected chi connectivity index (χ1v) is 4.41. The van der Waals surface area contributed by atoms with E-state index < -0.39 is 0 Å². The van der Waals surface area contributed by atoms with Gasteiger partial charge in [-0.05, 0) is 13.8 Å². The van der Waals surface area contributed by atoms with Crippen molar-refractivity contribution in [1.82, 2.24) is 5.32 Å². The zero-order valence-electron chi connectivity index (χ0n) is 8.26. The van der Waals surface area contributed by atoms with Crippen LogP contribution in [0.25, 0.3) is 0 Å². The summed E-state index contributed by atoms with van der Waals surface area (Å²) in [7, 11) is 1.84. The lowest BCUT2D eigenvalue weighted by Crippen LogP contribution is -2.15. The predicted molar refractivity (Wildman–Crippen MR) is 53.7 cm³/mol. The molecule has 2 N–H and O–H groups in total. The Labute approximate surface area is 78.9 Å². The minimum Gasteiger partial charge on any atom is -0.418 e.